The number of hydrogen-bond donors (Lipinski definition) is 0. The molecule has 0 bridgehead atoms. The maximum Gasteiger partial charge on any atom is 0.338 e. The Hall–Kier alpha value is -0.820. The van der Waals surface area contributed by atoms with Crippen LogP contribution in [-0.4, -0.2) is 33.7 Å². The lowest BCUT2D eigenvalue weighted by molar-refractivity contribution is 0.00437. The predicted octanol–water partition coefficient (Wildman–Crippen LogP) is 2.85. The van der Waals surface area contributed by atoms with Crippen LogP contribution in [0.3, 0.4) is 0 Å². The fourth-order valence-electron chi connectivity index (χ4n) is 1.39. The summed E-state index contributed by atoms with van der Waals surface area (Å²) in [6, 6.07) is 3.58. The van der Waals surface area contributed by atoms with Crippen LogP contribution < -0.4 is 0 Å². The Labute approximate surface area is 127 Å². The van der Waals surface area contributed by atoms with Crippen molar-refractivity contribution >= 4 is 37.3 Å². The Balaban J connectivity index is 2.91. The third kappa shape index (κ3) is 5.28. The molecule has 0 aliphatic carbocycles. The Kier molecular flexibility index (Phi) is 6.26. The van der Waals surface area contributed by atoms with E-state index < -0.39 is 21.1 Å². The first kappa shape index (κ1) is 17.2. The zero-order valence-corrected chi connectivity index (χ0v) is 13.3. The number of carbonyl (C=O) groups is 1. The first-order chi connectivity index (χ1) is 9.24. The molecule has 0 amide bonds. The second-order valence-electron chi connectivity index (χ2n) is 3.99. The minimum absolute atomic E-state index is 0.0140. The average Bonchev–Trinajstić information content (AvgIpc) is 2.34. The molecule has 1 aromatic rings. The molecular formula is C12H14Cl2O5S. The van der Waals surface area contributed by atoms with Gasteiger partial charge in [0.25, 0.3) is 9.05 Å². The van der Waals surface area contributed by atoms with Gasteiger partial charge in [-0.3, -0.25) is 0 Å². The number of rotatable bonds is 6. The van der Waals surface area contributed by atoms with Crippen LogP contribution in [0.5, 0.6) is 0 Å². The molecule has 5 nitrogen and oxygen atoms in total. The highest BCUT2D eigenvalue weighted by molar-refractivity contribution is 8.13. The fraction of sp³-hybridized carbons (Fsp3) is 0.417. The van der Waals surface area contributed by atoms with Crippen molar-refractivity contribution in [1.82, 2.24) is 0 Å². The van der Waals surface area contributed by atoms with Crippen LogP contribution in [0.1, 0.15) is 24.2 Å². The van der Waals surface area contributed by atoms with E-state index in [2.05, 4.69) is 0 Å². The van der Waals surface area contributed by atoms with Gasteiger partial charge in [-0.1, -0.05) is 11.6 Å². The molecule has 0 spiro atoms. The van der Waals surface area contributed by atoms with Crippen molar-refractivity contribution in [3.8, 4) is 0 Å². The highest BCUT2D eigenvalue weighted by Gasteiger charge is 2.18. The van der Waals surface area contributed by atoms with Gasteiger partial charge in [-0.2, -0.15) is 0 Å². The maximum absolute atomic E-state index is 11.9. The molecule has 0 saturated heterocycles. The molecule has 1 rings (SSSR count). The van der Waals surface area contributed by atoms with Crippen LogP contribution in [0.15, 0.2) is 23.1 Å². The summed E-state index contributed by atoms with van der Waals surface area (Å²) in [6.45, 7) is 4.25. The fourth-order valence-corrected chi connectivity index (χ4v) is 2.49. The van der Waals surface area contributed by atoms with Gasteiger partial charge < -0.3 is 9.47 Å². The summed E-state index contributed by atoms with van der Waals surface area (Å²) in [6.07, 6.45) is -0.461. The van der Waals surface area contributed by atoms with Crippen LogP contribution in [0, 0.1) is 0 Å². The molecular weight excluding hydrogens is 327 g/mol. The summed E-state index contributed by atoms with van der Waals surface area (Å²) in [5.74, 6) is -0.693. The van der Waals surface area contributed by atoms with Crippen LogP contribution in [-0.2, 0) is 18.5 Å². The van der Waals surface area contributed by atoms with Crippen LogP contribution in [0.2, 0.25) is 5.02 Å². The highest BCUT2D eigenvalue weighted by atomic mass is 35.7. The average molecular weight is 341 g/mol. The predicted molar refractivity (Wildman–Crippen MR) is 75.9 cm³/mol. The number of hydrogen-bond acceptors (Lipinski definition) is 5. The second-order valence-corrected chi connectivity index (χ2v) is 6.99. The molecule has 0 aliphatic rings. The van der Waals surface area contributed by atoms with Crippen molar-refractivity contribution < 1.29 is 22.7 Å². The van der Waals surface area contributed by atoms with Crippen molar-refractivity contribution in [3.05, 3.63) is 28.8 Å². The van der Waals surface area contributed by atoms with E-state index in [4.69, 9.17) is 31.8 Å². The molecule has 0 N–H and O–H groups in total. The van der Waals surface area contributed by atoms with E-state index in [1.165, 1.54) is 6.07 Å². The van der Waals surface area contributed by atoms with Gasteiger partial charge in [0, 0.05) is 22.3 Å². The summed E-state index contributed by atoms with van der Waals surface area (Å²) in [5, 5.41) is 0.0798. The Morgan fingerprint density at radius 2 is 2.00 bits per heavy atom. The van der Waals surface area contributed by atoms with Crippen LogP contribution in [0.4, 0.5) is 0 Å². The highest BCUT2D eigenvalue weighted by Crippen LogP contribution is 2.22. The number of esters is 1. The summed E-state index contributed by atoms with van der Waals surface area (Å²) in [7, 11) is 1.25. The van der Waals surface area contributed by atoms with Gasteiger partial charge in [0.15, 0.2) is 0 Å². The van der Waals surface area contributed by atoms with E-state index in [1.54, 1.807) is 6.92 Å². The minimum Gasteiger partial charge on any atom is -0.457 e. The Bertz CT molecular complexity index is 586. The normalized spacial score (nSPS) is 13.0. The van der Waals surface area contributed by atoms with Gasteiger partial charge >= 0.3 is 5.97 Å². The number of carbonyl (C=O) groups excluding carboxylic acids is 1. The monoisotopic (exact) mass is 340 g/mol. The molecule has 0 fully saturated rings. The largest absolute Gasteiger partial charge is 0.457 e. The summed E-state index contributed by atoms with van der Waals surface area (Å²) in [4.78, 5) is 11.6. The Morgan fingerprint density at radius 1 is 1.35 bits per heavy atom. The first-order valence-electron chi connectivity index (χ1n) is 5.78. The van der Waals surface area contributed by atoms with Gasteiger partial charge in [-0.25, -0.2) is 13.2 Å². The van der Waals surface area contributed by atoms with Gasteiger partial charge in [0.2, 0.25) is 0 Å². The van der Waals surface area contributed by atoms with Crippen molar-refractivity contribution in [2.24, 2.45) is 0 Å². The lowest BCUT2D eigenvalue weighted by Gasteiger charge is -2.13. The molecule has 112 valence electrons. The molecule has 1 unspecified atom stereocenters. The zero-order valence-electron chi connectivity index (χ0n) is 10.9. The number of halogens is 2. The SMILES string of the molecule is CCOCC(C)OC(=O)c1cc(Cl)cc(S(=O)(=O)Cl)c1. The van der Waals surface area contributed by atoms with Crippen molar-refractivity contribution in [3.63, 3.8) is 0 Å². The standard InChI is InChI=1S/C12H14Cl2O5S/c1-3-18-7-8(2)19-12(15)9-4-10(13)6-11(5-9)20(14,16)17/h4-6,8H,3,7H2,1-2H3. The molecule has 0 saturated carbocycles. The Morgan fingerprint density at radius 3 is 2.55 bits per heavy atom. The number of benzene rings is 1. The topological polar surface area (TPSA) is 69.7 Å². The van der Waals surface area contributed by atoms with E-state index in [-0.39, 0.29) is 22.1 Å². The molecule has 0 aliphatic heterocycles. The lowest BCUT2D eigenvalue weighted by Crippen LogP contribution is -2.20. The molecule has 0 heterocycles. The molecule has 0 aromatic heterocycles. The van der Waals surface area contributed by atoms with Crippen LogP contribution in [0.25, 0.3) is 0 Å². The van der Waals surface area contributed by atoms with Crippen molar-refractivity contribution in [2.45, 2.75) is 24.8 Å². The van der Waals surface area contributed by atoms with E-state index in [0.717, 1.165) is 12.1 Å². The third-order valence-electron chi connectivity index (χ3n) is 2.25. The van der Waals surface area contributed by atoms with E-state index in [1.807, 2.05) is 6.92 Å². The minimum atomic E-state index is -3.97. The number of ether oxygens (including phenoxy) is 2. The maximum atomic E-state index is 11.9. The summed E-state index contributed by atoms with van der Waals surface area (Å²) in [5.41, 5.74) is 0.0140. The molecule has 8 heteroatoms. The van der Waals surface area contributed by atoms with Crippen molar-refractivity contribution in [2.75, 3.05) is 13.2 Å². The van der Waals surface area contributed by atoms with Gasteiger partial charge in [-0.15, -0.1) is 0 Å². The third-order valence-corrected chi connectivity index (χ3v) is 3.80. The molecule has 0 radical (unpaired) electrons. The quantitative estimate of drug-likeness (QED) is 0.588. The van der Waals surface area contributed by atoms with E-state index in [9.17, 15) is 13.2 Å². The molecule has 1 atom stereocenters. The summed E-state index contributed by atoms with van der Waals surface area (Å²) >= 11 is 5.76. The molecule has 20 heavy (non-hydrogen) atoms. The first-order valence-corrected chi connectivity index (χ1v) is 8.46. The second kappa shape index (κ2) is 7.26. The van der Waals surface area contributed by atoms with Gasteiger partial charge in [-0.05, 0) is 32.0 Å². The van der Waals surface area contributed by atoms with Crippen molar-refractivity contribution in [1.29, 1.82) is 0 Å². The zero-order chi connectivity index (χ0) is 15.3. The lowest BCUT2D eigenvalue weighted by atomic mass is 10.2. The smallest absolute Gasteiger partial charge is 0.338 e. The summed E-state index contributed by atoms with van der Waals surface area (Å²) < 4.78 is 32.7. The van der Waals surface area contributed by atoms with Crippen LogP contribution >= 0.6 is 22.3 Å². The van der Waals surface area contributed by atoms with E-state index >= 15 is 0 Å². The van der Waals surface area contributed by atoms with Gasteiger partial charge in [0.1, 0.15) is 6.10 Å². The van der Waals surface area contributed by atoms with Gasteiger partial charge in [0.05, 0.1) is 17.1 Å². The molecule has 1 aromatic carbocycles. The van der Waals surface area contributed by atoms with E-state index in [0.29, 0.717) is 6.61 Å².